The number of aromatic nitrogens is 4. The number of nitrogens with zero attached hydrogens (tertiary/aromatic N) is 4. The summed E-state index contributed by atoms with van der Waals surface area (Å²) in [5.41, 5.74) is 10.3. The second-order valence-electron chi connectivity index (χ2n) is 6.15. The van der Waals surface area contributed by atoms with Crippen molar-refractivity contribution in [2.24, 2.45) is 0 Å². The van der Waals surface area contributed by atoms with Gasteiger partial charge >= 0.3 is 0 Å². The minimum absolute atomic E-state index is 0.316. The van der Waals surface area contributed by atoms with Crippen LogP contribution in [0, 0.1) is 6.92 Å². The van der Waals surface area contributed by atoms with Crippen molar-refractivity contribution in [3.8, 4) is 5.69 Å². The minimum Gasteiger partial charge on any atom is -0.368 e. The van der Waals surface area contributed by atoms with Gasteiger partial charge in [-0.1, -0.05) is 12.1 Å². The van der Waals surface area contributed by atoms with E-state index in [0.717, 1.165) is 42.5 Å². The summed E-state index contributed by atoms with van der Waals surface area (Å²) >= 11 is 0. The zero-order valence-corrected chi connectivity index (χ0v) is 14.2. The Morgan fingerprint density at radius 2 is 2.08 bits per heavy atom. The highest BCUT2D eigenvalue weighted by atomic mass is 15.1. The lowest BCUT2D eigenvalue weighted by Gasteiger charge is -2.20. The first-order valence-electron chi connectivity index (χ1n) is 8.40. The Morgan fingerprint density at radius 3 is 2.84 bits per heavy atom. The normalized spacial score (nSPS) is 13.5. The van der Waals surface area contributed by atoms with E-state index in [1.807, 2.05) is 19.3 Å². The van der Waals surface area contributed by atoms with E-state index < -0.39 is 0 Å². The molecule has 4 rings (SSSR count). The van der Waals surface area contributed by atoms with E-state index >= 15 is 0 Å². The van der Waals surface area contributed by atoms with Crippen LogP contribution in [0.25, 0.3) is 5.69 Å². The van der Waals surface area contributed by atoms with Crippen LogP contribution in [0.5, 0.6) is 0 Å². The van der Waals surface area contributed by atoms with Crippen LogP contribution in [0.1, 0.15) is 22.6 Å². The van der Waals surface area contributed by atoms with E-state index in [1.165, 1.54) is 11.1 Å². The van der Waals surface area contributed by atoms with Gasteiger partial charge in [-0.2, -0.15) is 4.98 Å². The van der Waals surface area contributed by atoms with E-state index in [4.69, 9.17) is 5.73 Å². The molecular weight excluding hydrogens is 314 g/mol. The van der Waals surface area contributed by atoms with Crippen molar-refractivity contribution in [1.82, 2.24) is 24.8 Å². The molecule has 2 aromatic heterocycles. The van der Waals surface area contributed by atoms with E-state index in [2.05, 4.69) is 54.4 Å². The fourth-order valence-electron chi connectivity index (χ4n) is 3.14. The molecule has 0 amide bonds. The predicted molar refractivity (Wildman–Crippen MR) is 97.5 cm³/mol. The van der Waals surface area contributed by atoms with Crippen LogP contribution in [0.2, 0.25) is 0 Å². The number of anilines is 2. The maximum absolute atomic E-state index is 5.84. The third kappa shape index (κ3) is 3.18. The molecule has 0 unspecified atom stereocenters. The largest absolute Gasteiger partial charge is 0.368 e. The van der Waals surface area contributed by atoms with Crippen molar-refractivity contribution in [2.75, 3.05) is 17.6 Å². The lowest BCUT2D eigenvalue weighted by molar-refractivity contribution is 0.625. The molecule has 7 heteroatoms. The highest BCUT2D eigenvalue weighted by Crippen LogP contribution is 2.22. The first kappa shape index (κ1) is 15.6. The molecule has 0 aliphatic carbocycles. The van der Waals surface area contributed by atoms with Crippen molar-refractivity contribution in [3.05, 3.63) is 59.3 Å². The third-order valence-electron chi connectivity index (χ3n) is 4.45. The van der Waals surface area contributed by atoms with Gasteiger partial charge in [-0.05, 0) is 37.6 Å². The van der Waals surface area contributed by atoms with Gasteiger partial charge in [0.25, 0.3) is 0 Å². The quantitative estimate of drug-likeness (QED) is 0.673. The molecular formula is C18H21N7. The molecule has 1 aliphatic rings. The van der Waals surface area contributed by atoms with Gasteiger partial charge in [-0.25, -0.2) is 9.97 Å². The van der Waals surface area contributed by atoms with Crippen LogP contribution in [-0.4, -0.2) is 26.1 Å². The van der Waals surface area contributed by atoms with E-state index in [9.17, 15) is 0 Å². The molecule has 3 heterocycles. The number of fused-ring (bicyclic) bond motifs is 1. The van der Waals surface area contributed by atoms with Crippen molar-refractivity contribution in [3.63, 3.8) is 0 Å². The highest BCUT2D eigenvalue weighted by molar-refractivity contribution is 5.51. The molecule has 0 saturated carbocycles. The second kappa shape index (κ2) is 6.52. The van der Waals surface area contributed by atoms with Crippen LogP contribution in [-0.2, 0) is 19.5 Å². The summed E-state index contributed by atoms with van der Waals surface area (Å²) in [6, 6.07) is 8.42. The molecule has 3 aromatic rings. The van der Waals surface area contributed by atoms with Gasteiger partial charge in [0.05, 0.1) is 5.69 Å². The number of aryl methyl sites for hydroxylation is 1. The van der Waals surface area contributed by atoms with Gasteiger partial charge in [0.2, 0.25) is 5.95 Å². The van der Waals surface area contributed by atoms with Crippen LogP contribution in [0.3, 0.4) is 0 Å². The van der Waals surface area contributed by atoms with Crippen molar-refractivity contribution in [1.29, 1.82) is 0 Å². The van der Waals surface area contributed by atoms with Gasteiger partial charge in [-0.15, -0.1) is 0 Å². The van der Waals surface area contributed by atoms with E-state index in [1.54, 1.807) is 0 Å². The van der Waals surface area contributed by atoms with Crippen LogP contribution < -0.4 is 16.4 Å². The summed E-state index contributed by atoms with van der Waals surface area (Å²) in [6.45, 7) is 4.37. The molecule has 0 fully saturated rings. The van der Waals surface area contributed by atoms with Gasteiger partial charge in [0, 0.05) is 36.7 Å². The molecule has 0 spiro atoms. The van der Waals surface area contributed by atoms with Gasteiger partial charge in [-0.3, -0.25) is 0 Å². The highest BCUT2D eigenvalue weighted by Gasteiger charge is 2.16. The zero-order chi connectivity index (χ0) is 17.2. The fourth-order valence-corrected chi connectivity index (χ4v) is 3.14. The number of benzene rings is 1. The number of imidazole rings is 1. The van der Waals surface area contributed by atoms with Crippen LogP contribution in [0.15, 0.2) is 36.7 Å². The summed E-state index contributed by atoms with van der Waals surface area (Å²) in [5, 5.41) is 6.73. The Bertz CT molecular complexity index is 883. The topological polar surface area (TPSA) is 93.7 Å². The molecule has 0 atom stereocenters. The summed E-state index contributed by atoms with van der Waals surface area (Å²) in [5.74, 6) is 2.14. The second-order valence-corrected chi connectivity index (χ2v) is 6.15. The standard InChI is InChI=1S/C18H21N7/c1-12-21-8-9-25(12)14-4-2-13(3-5-14)10-22-17-15-6-7-20-11-16(15)23-18(19)24-17/h2-5,8-9,20H,6-7,10-11H2,1H3,(H3,19,22,23,24). The smallest absolute Gasteiger partial charge is 0.222 e. The summed E-state index contributed by atoms with van der Waals surface area (Å²) < 4.78 is 2.06. The first-order valence-corrected chi connectivity index (χ1v) is 8.40. The lowest BCUT2D eigenvalue weighted by atomic mass is 10.1. The number of nitrogens with two attached hydrogens (primary N) is 1. The number of nitrogens with one attached hydrogen (secondary N) is 2. The summed E-state index contributed by atoms with van der Waals surface area (Å²) in [6.07, 6.45) is 4.69. The number of hydrogen-bond acceptors (Lipinski definition) is 6. The molecule has 4 N–H and O–H groups in total. The minimum atomic E-state index is 0.316. The van der Waals surface area contributed by atoms with Crippen molar-refractivity contribution in [2.45, 2.75) is 26.4 Å². The Hall–Kier alpha value is -2.93. The molecule has 1 aromatic carbocycles. The van der Waals surface area contributed by atoms with Crippen LogP contribution in [0.4, 0.5) is 11.8 Å². The molecule has 25 heavy (non-hydrogen) atoms. The molecule has 0 saturated heterocycles. The SMILES string of the molecule is Cc1nccn1-c1ccc(CNc2nc(N)nc3c2CCNC3)cc1. The number of rotatable bonds is 4. The maximum Gasteiger partial charge on any atom is 0.222 e. The molecule has 7 nitrogen and oxygen atoms in total. The molecule has 128 valence electrons. The molecule has 0 bridgehead atoms. The van der Waals surface area contributed by atoms with Crippen molar-refractivity contribution < 1.29 is 0 Å². The van der Waals surface area contributed by atoms with Gasteiger partial charge in [0.15, 0.2) is 0 Å². The van der Waals surface area contributed by atoms with Gasteiger partial charge < -0.3 is 20.9 Å². The summed E-state index contributed by atoms with van der Waals surface area (Å²) in [7, 11) is 0. The average molecular weight is 335 g/mol. The summed E-state index contributed by atoms with van der Waals surface area (Å²) in [4.78, 5) is 13.0. The van der Waals surface area contributed by atoms with Crippen LogP contribution >= 0.6 is 0 Å². The molecule has 0 radical (unpaired) electrons. The number of hydrogen-bond donors (Lipinski definition) is 3. The average Bonchev–Trinajstić information content (AvgIpc) is 3.06. The fraction of sp³-hybridized carbons (Fsp3) is 0.278. The van der Waals surface area contributed by atoms with E-state index in [0.29, 0.717) is 12.5 Å². The number of nitrogen functional groups attached to an aromatic ring is 1. The van der Waals surface area contributed by atoms with E-state index in [-0.39, 0.29) is 0 Å². The zero-order valence-electron chi connectivity index (χ0n) is 14.2. The maximum atomic E-state index is 5.84. The monoisotopic (exact) mass is 335 g/mol. The predicted octanol–water partition coefficient (Wildman–Crippen LogP) is 1.81. The Balaban J connectivity index is 1.50. The van der Waals surface area contributed by atoms with Crippen molar-refractivity contribution >= 4 is 11.8 Å². The lowest BCUT2D eigenvalue weighted by Crippen LogP contribution is -2.26. The Morgan fingerprint density at radius 1 is 1.24 bits per heavy atom. The first-order chi connectivity index (χ1) is 12.2. The Labute approximate surface area is 146 Å². The molecule has 1 aliphatic heterocycles. The van der Waals surface area contributed by atoms with Gasteiger partial charge in [0.1, 0.15) is 11.6 Å². The Kier molecular flexibility index (Phi) is 4.07. The third-order valence-corrected chi connectivity index (χ3v) is 4.45.